The fourth-order valence-corrected chi connectivity index (χ4v) is 2.35. The first-order valence-corrected chi connectivity index (χ1v) is 7.80. The van der Waals surface area contributed by atoms with E-state index < -0.39 is 11.8 Å². The van der Waals surface area contributed by atoms with Gasteiger partial charge in [-0.1, -0.05) is 19.1 Å². The molecule has 22 heavy (non-hydrogen) atoms. The van der Waals surface area contributed by atoms with Crippen LogP contribution in [0.1, 0.15) is 12.5 Å². The Hall–Kier alpha value is -1.92. The SMILES string of the molecule is CCc1ccc(NC(=O)C(=O)NCCN2CCNCC2)cc1. The van der Waals surface area contributed by atoms with Crippen molar-refractivity contribution in [3.8, 4) is 0 Å². The topological polar surface area (TPSA) is 73.5 Å². The predicted molar refractivity (Wildman–Crippen MR) is 86.8 cm³/mol. The molecule has 0 bridgehead atoms. The van der Waals surface area contributed by atoms with Crippen LogP contribution in [-0.4, -0.2) is 56.0 Å². The normalized spacial score (nSPS) is 15.3. The fourth-order valence-electron chi connectivity index (χ4n) is 2.35. The molecule has 6 heteroatoms. The Labute approximate surface area is 131 Å². The van der Waals surface area contributed by atoms with E-state index in [0.717, 1.165) is 39.1 Å². The number of benzene rings is 1. The third kappa shape index (κ3) is 5.13. The summed E-state index contributed by atoms with van der Waals surface area (Å²) in [5, 5.41) is 8.54. The molecule has 0 radical (unpaired) electrons. The minimum Gasteiger partial charge on any atom is -0.347 e. The van der Waals surface area contributed by atoms with Crippen molar-refractivity contribution < 1.29 is 9.59 Å². The first-order valence-electron chi connectivity index (χ1n) is 7.80. The Kier molecular flexibility index (Phi) is 6.36. The number of hydrogen-bond acceptors (Lipinski definition) is 4. The molecule has 0 atom stereocenters. The van der Waals surface area contributed by atoms with Gasteiger partial charge < -0.3 is 16.0 Å². The molecule has 1 fully saturated rings. The third-order valence-corrected chi connectivity index (χ3v) is 3.75. The second-order valence-electron chi connectivity index (χ2n) is 5.35. The van der Waals surface area contributed by atoms with Crippen molar-refractivity contribution in [1.82, 2.24) is 15.5 Å². The molecule has 6 nitrogen and oxygen atoms in total. The number of carbonyl (C=O) groups excluding carboxylic acids is 2. The molecule has 0 spiro atoms. The van der Waals surface area contributed by atoms with Crippen LogP contribution in [-0.2, 0) is 16.0 Å². The van der Waals surface area contributed by atoms with Crippen LogP contribution in [0.5, 0.6) is 0 Å². The zero-order chi connectivity index (χ0) is 15.8. The zero-order valence-electron chi connectivity index (χ0n) is 13.0. The number of nitrogens with zero attached hydrogens (tertiary/aromatic N) is 1. The molecule has 1 aromatic rings. The monoisotopic (exact) mass is 304 g/mol. The van der Waals surface area contributed by atoms with E-state index in [4.69, 9.17) is 0 Å². The molecular weight excluding hydrogens is 280 g/mol. The molecule has 1 heterocycles. The first kappa shape index (κ1) is 16.5. The van der Waals surface area contributed by atoms with E-state index in [2.05, 4.69) is 27.8 Å². The van der Waals surface area contributed by atoms with E-state index in [9.17, 15) is 9.59 Å². The largest absolute Gasteiger partial charge is 0.347 e. The highest BCUT2D eigenvalue weighted by atomic mass is 16.2. The van der Waals surface area contributed by atoms with Crippen molar-refractivity contribution in [3.05, 3.63) is 29.8 Å². The summed E-state index contributed by atoms with van der Waals surface area (Å²) in [6.45, 7) is 7.23. The zero-order valence-corrected chi connectivity index (χ0v) is 13.0. The van der Waals surface area contributed by atoms with Crippen LogP contribution in [0.4, 0.5) is 5.69 Å². The summed E-state index contributed by atoms with van der Waals surface area (Å²) in [5.74, 6) is -1.21. The van der Waals surface area contributed by atoms with Crippen LogP contribution < -0.4 is 16.0 Å². The Morgan fingerprint density at radius 2 is 1.82 bits per heavy atom. The number of aryl methyl sites for hydroxylation is 1. The predicted octanol–water partition coefficient (Wildman–Crippen LogP) is 0.209. The number of hydrogen-bond donors (Lipinski definition) is 3. The summed E-state index contributed by atoms with van der Waals surface area (Å²) >= 11 is 0. The molecule has 0 aromatic heterocycles. The second-order valence-corrected chi connectivity index (χ2v) is 5.35. The van der Waals surface area contributed by atoms with Crippen LogP contribution >= 0.6 is 0 Å². The Morgan fingerprint density at radius 3 is 2.45 bits per heavy atom. The van der Waals surface area contributed by atoms with E-state index in [1.165, 1.54) is 5.56 Å². The highest BCUT2D eigenvalue weighted by Crippen LogP contribution is 2.09. The van der Waals surface area contributed by atoms with Crippen molar-refractivity contribution in [2.45, 2.75) is 13.3 Å². The molecule has 120 valence electrons. The van der Waals surface area contributed by atoms with Crippen molar-refractivity contribution in [1.29, 1.82) is 0 Å². The summed E-state index contributed by atoms with van der Waals surface area (Å²) in [5.41, 5.74) is 1.83. The molecule has 1 aliphatic rings. The lowest BCUT2D eigenvalue weighted by molar-refractivity contribution is -0.136. The van der Waals surface area contributed by atoms with Crippen molar-refractivity contribution in [3.63, 3.8) is 0 Å². The standard InChI is InChI=1S/C16H24N4O2/c1-2-13-3-5-14(6-4-13)19-16(22)15(21)18-9-12-20-10-7-17-8-11-20/h3-6,17H,2,7-12H2,1H3,(H,18,21)(H,19,22). The van der Waals surface area contributed by atoms with Gasteiger partial charge >= 0.3 is 11.8 Å². The molecule has 1 saturated heterocycles. The summed E-state index contributed by atoms with van der Waals surface area (Å²) in [6.07, 6.45) is 0.945. The summed E-state index contributed by atoms with van der Waals surface area (Å²) in [4.78, 5) is 25.8. The minimum atomic E-state index is -0.621. The maximum absolute atomic E-state index is 11.8. The van der Waals surface area contributed by atoms with E-state index >= 15 is 0 Å². The van der Waals surface area contributed by atoms with E-state index in [0.29, 0.717) is 12.2 Å². The third-order valence-electron chi connectivity index (χ3n) is 3.75. The van der Waals surface area contributed by atoms with Gasteiger partial charge in [0.2, 0.25) is 0 Å². The van der Waals surface area contributed by atoms with Gasteiger partial charge in [-0.2, -0.15) is 0 Å². The molecular formula is C16H24N4O2. The fraction of sp³-hybridized carbons (Fsp3) is 0.500. The lowest BCUT2D eigenvalue weighted by atomic mass is 10.1. The Balaban J connectivity index is 1.70. The molecule has 0 saturated carbocycles. The maximum Gasteiger partial charge on any atom is 0.313 e. The number of anilines is 1. The van der Waals surface area contributed by atoms with Gasteiger partial charge in [0.15, 0.2) is 0 Å². The molecule has 0 aliphatic carbocycles. The smallest absolute Gasteiger partial charge is 0.313 e. The van der Waals surface area contributed by atoms with E-state index in [-0.39, 0.29) is 0 Å². The Morgan fingerprint density at radius 1 is 1.14 bits per heavy atom. The first-order chi connectivity index (χ1) is 10.7. The number of carbonyl (C=O) groups is 2. The highest BCUT2D eigenvalue weighted by molar-refractivity contribution is 6.39. The van der Waals surface area contributed by atoms with Gasteiger partial charge in [-0.15, -0.1) is 0 Å². The quantitative estimate of drug-likeness (QED) is 0.680. The number of piperazine rings is 1. The van der Waals surface area contributed by atoms with Crippen LogP contribution in [0.2, 0.25) is 0 Å². The Bertz CT molecular complexity index is 495. The molecule has 2 amide bonds. The number of rotatable bonds is 5. The molecule has 0 unspecified atom stereocenters. The van der Waals surface area contributed by atoms with Gasteiger partial charge in [-0.3, -0.25) is 14.5 Å². The molecule has 2 rings (SSSR count). The van der Waals surface area contributed by atoms with Gasteiger partial charge in [0.1, 0.15) is 0 Å². The van der Waals surface area contributed by atoms with Crippen LogP contribution in [0.25, 0.3) is 0 Å². The number of nitrogens with one attached hydrogen (secondary N) is 3. The van der Waals surface area contributed by atoms with Gasteiger partial charge in [0, 0.05) is 45.0 Å². The average Bonchev–Trinajstić information content (AvgIpc) is 2.56. The van der Waals surface area contributed by atoms with Gasteiger partial charge in [-0.05, 0) is 24.1 Å². The van der Waals surface area contributed by atoms with Gasteiger partial charge in [0.25, 0.3) is 0 Å². The second kappa shape index (κ2) is 8.51. The summed E-state index contributed by atoms with van der Waals surface area (Å²) < 4.78 is 0. The van der Waals surface area contributed by atoms with E-state index in [1.807, 2.05) is 24.3 Å². The number of amides is 2. The lowest BCUT2D eigenvalue weighted by Crippen LogP contribution is -2.47. The molecule has 1 aliphatic heterocycles. The van der Waals surface area contributed by atoms with Gasteiger partial charge in [-0.25, -0.2) is 0 Å². The molecule has 3 N–H and O–H groups in total. The van der Waals surface area contributed by atoms with Crippen molar-refractivity contribution >= 4 is 17.5 Å². The average molecular weight is 304 g/mol. The van der Waals surface area contributed by atoms with Crippen molar-refractivity contribution in [2.75, 3.05) is 44.6 Å². The summed E-state index contributed by atoms with van der Waals surface area (Å²) in [6, 6.07) is 7.51. The minimum absolute atomic E-state index is 0.487. The highest BCUT2D eigenvalue weighted by Gasteiger charge is 2.14. The van der Waals surface area contributed by atoms with Crippen molar-refractivity contribution in [2.24, 2.45) is 0 Å². The summed E-state index contributed by atoms with van der Waals surface area (Å²) in [7, 11) is 0. The van der Waals surface area contributed by atoms with E-state index in [1.54, 1.807) is 0 Å². The maximum atomic E-state index is 11.8. The van der Waals surface area contributed by atoms with Crippen LogP contribution in [0, 0.1) is 0 Å². The lowest BCUT2D eigenvalue weighted by Gasteiger charge is -2.26. The van der Waals surface area contributed by atoms with Crippen LogP contribution in [0.3, 0.4) is 0 Å². The van der Waals surface area contributed by atoms with Crippen LogP contribution in [0.15, 0.2) is 24.3 Å². The van der Waals surface area contributed by atoms with Gasteiger partial charge in [0.05, 0.1) is 0 Å². The molecule has 1 aromatic carbocycles.